The molecule has 2 aromatic rings. The number of aryl methyl sites for hydroxylation is 1. The lowest BCUT2D eigenvalue weighted by Crippen LogP contribution is -2.25. The summed E-state index contributed by atoms with van der Waals surface area (Å²) in [5.41, 5.74) is -0.170. The lowest BCUT2D eigenvalue weighted by atomic mass is 9.88. The predicted molar refractivity (Wildman–Crippen MR) is 76.7 cm³/mol. The first-order chi connectivity index (χ1) is 9.42. The zero-order valence-corrected chi connectivity index (χ0v) is 11.7. The number of rotatable bonds is 5. The Bertz CT molecular complexity index is 689. The fourth-order valence-electron chi connectivity index (χ4n) is 2.06. The molecule has 0 atom stereocenters. The summed E-state index contributed by atoms with van der Waals surface area (Å²) in [6.07, 6.45) is 2.67. The first-order valence-corrected chi connectivity index (χ1v) is 6.59. The molecule has 0 aliphatic rings. The molecule has 1 aromatic carbocycles. The van der Waals surface area contributed by atoms with Crippen molar-refractivity contribution in [1.29, 1.82) is 0 Å². The van der Waals surface area contributed by atoms with Gasteiger partial charge in [0.05, 0.1) is 22.6 Å². The van der Waals surface area contributed by atoms with Gasteiger partial charge in [0, 0.05) is 6.54 Å². The van der Waals surface area contributed by atoms with Crippen LogP contribution < -0.4 is 5.56 Å². The number of fused-ring (bicyclic) bond motifs is 1. The van der Waals surface area contributed by atoms with Gasteiger partial charge in [0.15, 0.2) is 0 Å². The van der Waals surface area contributed by atoms with Crippen LogP contribution in [0.4, 0.5) is 0 Å². The van der Waals surface area contributed by atoms with Crippen molar-refractivity contribution in [2.24, 2.45) is 5.41 Å². The van der Waals surface area contributed by atoms with E-state index in [9.17, 15) is 9.59 Å². The molecule has 5 heteroatoms. The van der Waals surface area contributed by atoms with Gasteiger partial charge in [-0.3, -0.25) is 14.2 Å². The third kappa shape index (κ3) is 2.87. The van der Waals surface area contributed by atoms with Gasteiger partial charge in [-0.15, -0.1) is 0 Å². The van der Waals surface area contributed by atoms with Crippen molar-refractivity contribution in [2.75, 3.05) is 0 Å². The molecule has 1 heterocycles. The Kier molecular flexibility index (Phi) is 3.88. The van der Waals surface area contributed by atoms with Crippen LogP contribution in [-0.4, -0.2) is 20.6 Å². The van der Waals surface area contributed by atoms with Crippen LogP contribution in [0.25, 0.3) is 10.9 Å². The molecule has 0 spiro atoms. The number of carboxylic acids is 1. The first kappa shape index (κ1) is 14.2. The van der Waals surface area contributed by atoms with Crippen LogP contribution in [0, 0.1) is 5.41 Å². The number of aromatic nitrogens is 2. The molecule has 0 saturated heterocycles. The van der Waals surface area contributed by atoms with E-state index in [2.05, 4.69) is 4.98 Å². The smallest absolute Gasteiger partial charge is 0.309 e. The Balaban J connectivity index is 2.13. The molecular formula is C15H18N2O3. The Morgan fingerprint density at radius 3 is 2.75 bits per heavy atom. The van der Waals surface area contributed by atoms with Gasteiger partial charge in [0.1, 0.15) is 0 Å². The van der Waals surface area contributed by atoms with Crippen molar-refractivity contribution in [3.8, 4) is 0 Å². The normalized spacial score (nSPS) is 11.7. The Morgan fingerprint density at radius 1 is 1.35 bits per heavy atom. The zero-order chi connectivity index (χ0) is 14.8. The van der Waals surface area contributed by atoms with Crippen molar-refractivity contribution < 1.29 is 9.90 Å². The maximum Gasteiger partial charge on any atom is 0.309 e. The quantitative estimate of drug-likeness (QED) is 0.908. The van der Waals surface area contributed by atoms with E-state index in [1.807, 2.05) is 12.1 Å². The van der Waals surface area contributed by atoms with E-state index in [-0.39, 0.29) is 5.56 Å². The van der Waals surface area contributed by atoms with E-state index in [1.54, 1.807) is 30.5 Å². The monoisotopic (exact) mass is 274 g/mol. The Hall–Kier alpha value is -2.17. The average molecular weight is 274 g/mol. The molecule has 0 bridgehead atoms. The molecule has 2 rings (SSSR count). The minimum Gasteiger partial charge on any atom is -0.481 e. The third-order valence-electron chi connectivity index (χ3n) is 3.51. The summed E-state index contributed by atoms with van der Waals surface area (Å²) in [7, 11) is 0. The van der Waals surface area contributed by atoms with E-state index in [1.165, 1.54) is 6.33 Å². The lowest BCUT2D eigenvalue weighted by Gasteiger charge is -2.18. The minimum atomic E-state index is -0.818. The summed E-state index contributed by atoms with van der Waals surface area (Å²) in [6.45, 7) is 3.86. The molecule has 0 saturated carbocycles. The second-order valence-corrected chi connectivity index (χ2v) is 5.55. The summed E-state index contributed by atoms with van der Waals surface area (Å²) in [5, 5.41) is 9.64. The topological polar surface area (TPSA) is 72.2 Å². The van der Waals surface area contributed by atoms with Gasteiger partial charge in [-0.25, -0.2) is 4.98 Å². The van der Waals surface area contributed by atoms with E-state index in [4.69, 9.17) is 5.11 Å². The highest BCUT2D eigenvalue weighted by Crippen LogP contribution is 2.22. The lowest BCUT2D eigenvalue weighted by molar-refractivity contribution is -0.147. The van der Waals surface area contributed by atoms with E-state index >= 15 is 0 Å². The molecule has 1 aromatic heterocycles. The predicted octanol–water partition coefficient (Wildman–Crippen LogP) is 2.29. The molecule has 0 unspecified atom stereocenters. The number of aliphatic carboxylic acids is 1. The second kappa shape index (κ2) is 5.45. The van der Waals surface area contributed by atoms with Gasteiger partial charge in [-0.05, 0) is 38.8 Å². The van der Waals surface area contributed by atoms with Gasteiger partial charge in [-0.1, -0.05) is 12.1 Å². The zero-order valence-electron chi connectivity index (χ0n) is 11.7. The fraction of sp³-hybridized carbons (Fsp3) is 0.400. The fourth-order valence-corrected chi connectivity index (χ4v) is 2.06. The second-order valence-electron chi connectivity index (χ2n) is 5.55. The molecule has 0 radical (unpaired) electrons. The Labute approximate surface area is 116 Å². The standard InChI is InChI=1S/C15H18N2O3/c1-15(2,14(19)20)8-5-9-17-10-16-12-7-4-3-6-11(12)13(17)18/h3-4,6-7,10H,5,8-9H2,1-2H3,(H,19,20). The number of para-hydroxylation sites is 1. The van der Waals surface area contributed by atoms with Crippen molar-refractivity contribution in [3.05, 3.63) is 40.9 Å². The van der Waals surface area contributed by atoms with Crippen molar-refractivity contribution in [2.45, 2.75) is 33.2 Å². The number of carbonyl (C=O) groups is 1. The van der Waals surface area contributed by atoms with Crippen molar-refractivity contribution >= 4 is 16.9 Å². The number of carboxylic acid groups (broad SMARTS) is 1. The molecule has 0 fully saturated rings. The van der Waals surface area contributed by atoms with Crippen LogP contribution in [0.5, 0.6) is 0 Å². The van der Waals surface area contributed by atoms with Crippen LogP contribution in [0.1, 0.15) is 26.7 Å². The number of benzene rings is 1. The number of hydrogen-bond acceptors (Lipinski definition) is 3. The van der Waals surface area contributed by atoms with Crippen LogP contribution in [0.15, 0.2) is 35.4 Å². The molecule has 0 amide bonds. The Morgan fingerprint density at radius 2 is 2.05 bits per heavy atom. The van der Waals surface area contributed by atoms with Gasteiger partial charge < -0.3 is 5.11 Å². The molecule has 0 aliphatic heterocycles. The van der Waals surface area contributed by atoms with E-state index in [0.29, 0.717) is 30.3 Å². The van der Waals surface area contributed by atoms with Crippen LogP contribution in [0.3, 0.4) is 0 Å². The van der Waals surface area contributed by atoms with Gasteiger partial charge in [-0.2, -0.15) is 0 Å². The van der Waals surface area contributed by atoms with E-state index < -0.39 is 11.4 Å². The summed E-state index contributed by atoms with van der Waals surface area (Å²) in [5.74, 6) is -0.818. The molecule has 0 aliphatic carbocycles. The molecular weight excluding hydrogens is 256 g/mol. The minimum absolute atomic E-state index is 0.0799. The number of nitrogens with zero attached hydrogens (tertiary/aromatic N) is 2. The molecule has 5 nitrogen and oxygen atoms in total. The summed E-state index contributed by atoms with van der Waals surface area (Å²) < 4.78 is 1.54. The first-order valence-electron chi connectivity index (χ1n) is 6.59. The maximum atomic E-state index is 12.2. The molecule has 1 N–H and O–H groups in total. The van der Waals surface area contributed by atoms with Gasteiger partial charge >= 0.3 is 5.97 Å². The van der Waals surface area contributed by atoms with Gasteiger partial charge in [0.25, 0.3) is 5.56 Å². The van der Waals surface area contributed by atoms with Crippen molar-refractivity contribution in [1.82, 2.24) is 9.55 Å². The largest absolute Gasteiger partial charge is 0.481 e. The van der Waals surface area contributed by atoms with Crippen LogP contribution in [-0.2, 0) is 11.3 Å². The van der Waals surface area contributed by atoms with Crippen molar-refractivity contribution in [3.63, 3.8) is 0 Å². The van der Waals surface area contributed by atoms with Gasteiger partial charge in [0.2, 0.25) is 0 Å². The maximum absolute atomic E-state index is 12.2. The summed E-state index contributed by atoms with van der Waals surface area (Å²) >= 11 is 0. The van der Waals surface area contributed by atoms with Crippen LogP contribution >= 0.6 is 0 Å². The summed E-state index contributed by atoms with van der Waals surface area (Å²) in [4.78, 5) is 27.5. The van der Waals surface area contributed by atoms with Crippen LogP contribution in [0.2, 0.25) is 0 Å². The average Bonchev–Trinajstić information content (AvgIpc) is 2.41. The highest BCUT2D eigenvalue weighted by atomic mass is 16.4. The molecule has 20 heavy (non-hydrogen) atoms. The molecule has 106 valence electrons. The summed E-state index contributed by atoms with van der Waals surface area (Å²) in [6, 6.07) is 7.20. The number of hydrogen-bond donors (Lipinski definition) is 1. The highest BCUT2D eigenvalue weighted by molar-refractivity contribution is 5.76. The SMILES string of the molecule is CC(C)(CCCn1cnc2ccccc2c1=O)C(=O)O. The highest BCUT2D eigenvalue weighted by Gasteiger charge is 2.26. The third-order valence-corrected chi connectivity index (χ3v) is 3.51. The van der Waals surface area contributed by atoms with E-state index in [0.717, 1.165) is 0 Å².